The van der Waals surface area contributed by atoms with Crippen LogP contribution in [0.15, 0.2) is 60.9 Å². The zero-order chi connectivity index (χ0) is 21.3. The minimum absolute atomic E-state index is 0.117. The Morgan fingerprint density at radius 1 is 1.13 bits per heavy atom. The van der Waals surface area contributed by atoms with E-state index in [2.05, 4.69) is 9.97 Å². The van der Waals surface area contributed by atoms with E-state index in [1.165, 1.54) is 34.4 Å². The quantitative estimate of drug-likeness (QED) is 0.280. The number of carbonyl (C=O) groups is 1. The monoisotopic (exact) mass is 458 g/mol. The van der Waals surface area contributed by atoms with Crippen molar-refractivity contribution in [1.29, 1.82) is 0 Å². The molecule has 0 saturated heterocycles. The maximum atomic E-state index is 13.5. The van der Waals surface area contributed by atoms with Gasteiger partial charge in [-0.3, -0.25) is 24.8 Å². The number of hydrogen-bond donors (Lipinski definition) is 0. The number of pyridine rings is 1. The van der Waals surface area contributed by atoms with Crippen LogP contribution in [0.4, 0.5) is 10.8 Å². The number of fused-ring (bicyclic) bond motifs is 1. The van der Waals surface area contributed by atoms with Crippen molar-refractivity contribution in [2.75, 3.05) is 4.90 Å². The number of aromatic nitrogens is 2. The van der Waals surface area contributed by atoms with Crippen LogP contribution in [-0.4, -0.2) is 20.8 Å². The number of amides is 1. The standard InChI is InChI=1S/C20H12Cl2N4O3S/c21-13-4-6-17(26(28)29)15(8-13)19(27)25(11-12-2-1-7-23-10-12)20-24-16-5-3-14(22)9-18(16)30-20/h1-10H,11H2. The van der Waals surface area contributed by atoms with E-state index in [0.29, 0.717) is 15.7 Å². The molecular formula is C20H12Cl2N4O3S. The molecule has 2 aromatic carbocycles. The highest BCUT2D eigenvalue weighted by Crippen LogP contribution is 2.34. The van der Waals surface area contributed by atoms with Crippen LogP contribution < -0.4 is 4.90 Å². The Kier molecular flexibility index (Phi) is 5.63. The first kappa shape index (κ1) is 20.2. The van der Waals surface area contributed by atoms with Crippen LogP contribution in [-0.2, 0) is 6.54 Å². The fourth-order valence-electron chi connectivity index (χ4n) is 2.89. The van der Waals surface area contributed by atoms with E-state index in [9.17, 15) is 14.9 Å². The summed E-state index contributed by atoms with van der Waals surface area (Å²) in [5.41, 5.74) is 0.968. The van der Waals surface area contributed by atoms with Gasteiger partial charge in [0.25, 0.3) is 11.6 Å². The van der Waals surface area contributed by atoms with Crippen LogP contribution in [0.25, 0.3) is 10.2 Å². The molecule has 2 heterocycles. The third-order valence-electron chi connectivity index (χ3n) is 4.26. The molecule has 0 aliphatic carbocycles. The summed E-state index contributed by atoms with van der Waals surface area (Å²) in [5.74, 6) is -0.585. The fourth-order valence-corrected chi connectivity index (χ4v) is 4.30. The molecule has 10 heteroatoms. The van der Waals surface area contributed by atoms with Gasteiger partial charge in [0.05, 0.1) is 21.7 Å². The number of nitro groups is 1. The Hall–Kier alpha value is -3.07. The van der Waals surface area contributed by atoms with Crippen molar-refractivity contribution in [3.8, 4) is 0 Å². The maximum Gasteiger partial charge on any atom is 0.282 e. The fraction of sp³-hybridized carbons (Fsp3) is 0.0500. The number of hydrogen-bond acceptors (Lipinski definition) is 6. The first-order valence-electron chi connectivity index (χ1n) is 8.63. The molecule has 0 unspecified atom stereocenters. The number of nitrogens with zero attached hydrogens (tertiary/aromatic N) is 4. The molecule has 7 nitrogen and oxygen atoms in total. The third-order valence-corrected chi connectivity index (χ3v) is 5.78. The van der Waals surface area contributed by atoms with Crippen LogP contribution in [0.1, 0.15) is 15.9 Å². The second kappa shape index (κ2) is 8.35. The minimum atomic E-state index is -0.607. The van der Waals surface area contributed by atoms with Crippen LogP contribution >= 0.6 is 34.5 Å². The highest BCUT2D eigenvalue weighted by Gasteiger charge is 2.28. The molecule has 4 aromatic rings. The van der Waals surface area contributed by atoms with Gasteiger partial charge >= 0.3 is 0 Å². The highest BCUT2D eigenvalue weighted by atomic mass is 35.5. The summed E-state index contributed by atoms with van der Waals surface area (Å²) in [7, 11) is 0. The van der Waals surface area contributed by atoms with Crippen molar-refractivity contribution >= 4 is 61.5 Å². The molecule has 0 bridgehead atoms. The molecular weight excluding hydrogens is 447 g/mol. The predicted octanol–water partition coefficient (Wildman–Crippen LogP) is 5.75. The van der Waals surface area contributed by atoms with Gasteiger partial charge in [-0.05, 0) is 42.0 Å². The second-order valence-corrected chi connectivity index (χ2v) is 8.16. The molecule has 0 atom stereocenters. The Labute approximate surface area is 184 Å². The first-order chi connectivity index (χ1) is 14.4. The minimum Gasteiger partial charge on any atom is -0.279 e. The molecule has 0 fully saturated rings. The lowest BCUT2D eigenvalue weighted by Gasteiger charge is -2.20. The lowest BCUT2D eigenvalue weighted by Crippen LogP contribution is -2.31. The summed E-state index contributed by atoms with van der Waals surface area (Å²) in [5, 5.41) is 12.6. The van der Waals surface area contributed by atoms with Gasteiger partial charge in [-0.25, -0.2) is 4.98 Å². The molecule has 4 rings (SSSR count). The van der Waals surface area contributed by atoms with Gasteiger partial charge in [-0.15, -0.1) is 0 Å². The molecule has 150 valence electrons. The lowest BCUT2D eigenvalue weighted by atomic mass is 10.1. The Bertz CT molecular complexity index is 1260. The predicted molar refractivity (Wildman–Crippen MR) is 117 cm³/mol. The molecule has 0 saturated carbocycles. The summed E-state index contributed by atoms with van der Waals surface area (Å²) in [6.45, 7) is 0.129. The summed E-state index contributed by atoms with van der Waals surface area (Å²) in [6.07, 6.45) is 3.24. The Morgan fingerprint density at radius 2 is 1.90 bits per heavy atom. The zero-order valence-electron chi connectivity index (χ0n) is 15.2. The van der Waals surface area contributed by atoms with Crippen molar-refractivity contribution in [2.45, 2.75) is 6.54 Å². The van der Waals surface area contributed by atoms with E-state index in [4.69, 9.17) is 23.2 Å². The second-order valence-electron chi connectivity index (χ2n) is 6.28. The Morgan fingerprint density at radius 3 is 2.63 bits per heavy atom. The summed E-state index contributed by atoms with van der Waals surface area (Å²) >= 11 is 13.4. The maximum absolute atomic E-state index is 13.5. The van der Waals surface area contributed by atoms with Crippen molar-refractivity contribution < 1.29 is 9.72 Å². The smallest absolute Gasteiger partial charge is 0.279 e. The number of thiazole rings is 1. The first-order valence-corrected chi connectivity index (χ1v) is 10.2. The summed E-state index contributed by atoms with van der Waals surface area (Å²) < 4.78 is 0.794. The molecule has 0 spiro atoms. The average Bonchev–Trinajstić information content (AvgIpc) is 3.14. The van der Waals surface area contributed by atoms with E-state index in [0.717, 1.165) is 10.3 Å². The van der Waals surface area contributed by atoms with E-state index < -0.39 is 10.8 Å². The molecule has 0 N–H and O–H groups in total. The number of anilines is 1. The lowest BCUT2D eigenvalue weighted by molar-refractivity contribution is -0.385. The average molecular weight is 459 g/mol. The van der Waals surface area contributed by atoms with Crippen molar-refractivity contribution in [3.63, 3.8) is 0 Å². The van der Waals surface area contributed by atoms with Gasteiger partial charge in [0.2, 0.25) is 0 Å². The molecule has 2 aromatic heterocycles. The summed E-state index contributed by atoms with van der Waals surface area (Å²) in [6, 6.07) is 12.7. The van der Waals surface area contributed by atoms with Crippen LogP contribution in [0.2, 0.25) is 10.0 Å². The molecule has 0 aliphatic rings. The molecule has 0 aliphatic heterocycles. The summed E-state index contributed by atoms with van der Waals surface area (Å²) in [4.78, 5) is 34.3. The number of carbonyl (C=O) groups excluding carboxylic acids is 1. The van der Waals surface area contributed by atoms with E-state index in [1.807, 2.05) is 6.07 Å². The van der Waals surface area contributed by atoms with Crippen LogP contribution in [0.3, 0.4) is 0 Å². The number of nitro benzene ring substituents is 1. The van der Waals surface area contributed by atoms with Crippen molar-refractivity contribution in [1.82, 2.24) is 9.97 Å². The normalized spacial score (nSPS) is 10.9. The highest BCUT2D eigenvalue weighted by molar-refractivity contribution is 7.22. The molecule has 0 radical (unpaired) electrons. The van der Waals surface area contributed by atoms with Crippen LogP contribution in [0.5, 0.6) is 0 Å². The van der Waals surface area contributed by atoms with Gasteiger partial charge in [-0.2, -0.15) is 0 Å². The van der Waals surface area contributed by atoms with Crippen LogP contribution in [0, 0.1) is 10.1 Å². The van der Waals surface area contributed by atoms with Gasteiger partial charge in [-0.1, -0.05) is 40.6 Å². The zero-order valence-corrected chi connectivity index (χ0v) is 17.5. The number of halogens is 2. The molecule has 1 amide bonds. The third kappa shape index (κ3) is 4.11. The van der Waals surface area contributed by atoms with Gasteiger partial charge in [0, 0.05) is 28.5 Å². The Balaban J connectivity index is 1.83. The van der Waals surface area contributed by atoms with Gasteiger partial charge in [0.1, 0.15) is 5.56 Å². The number of rotatable bonds is 5. The van der Waals surface area contributed by atoms with E-state index in [-0.39, 0.29) is 22.8 Å². The SMILES string of the molecule is O=C(c1cc(Cl)ccc1[N+](=O)[O-])N(Cc1cccnc1)c1nc2ccc(Cl)cc2s1. The number of benzene rings is 2. The van der Waals surface area contributed by atoms with E-state index >= 15 is 0 Å². The van der Waals surface area contributed by atoms with Crippen molar-refractivity contribution in [2.24, 2.45) is 0 Å². The molecule has 30 heavy (non-hydrogen) atoms. The van der Waals surface area contributed by atoms with Crippen molar-refractivity contribution in [3.05, 3.63) is 92.2 Å². The topological polar surface area (TPSA) is 89.2 Å². The van der Waals surface area contributed by atoms with Gasteiger partial charge < -0.3 is 0 Å². The van der Waals surface area contributed by atoms with Gasteiger partial charge in [0.15, 0.2) is 5.13 Å². The largest absolute Gasteiger partial charge is 0.282 e. The van der Waals surface area contributed by atoms with E-state index in [1.54, 1.807) is 36.7 Å².